The lowest BCUT2D eigenvalue weighted by Crippen LogP contribution is -2.25. The van der Waals surface area contributed by atoms with Crippen LogP contribution in [-0.4, -0.2) is 22.6 Å². The fourth-order valence-electron chi connectivity index (χ4n) is 0.891. The summed E-state index contributed by atoms with van der Waals surface area (Å²) in [6.07, 6.45) is 0. The van der Waals surface area contributed by atoms with E-state index in [1.165, 1.54) is 0 Å². The maximum atomic E-state index is 10.5. The first-order valence-corrected chi connectivity index (χ1v) is 3.94. The molecule has 0 spiro atoms. The van der Waals surface area contributed by atoms with Gasteiger partial charge >= 0.3 is 5.97 Å². The van der Waals surface area contributed by atoms with Crippen LogP contribution in [0, 0.1) is 0 Å². The minimum Gasteiger partial charge on any atom is -0.480 e. The van der Waals surface area contributed by atoms with Crippen LogP contribution in [0.15, 0.2) is 24.3 Å². The zero-order valence-electron chi connectivity index (χ0n) is 7.82. The second kappa shape index (κ2) is 5.08. The molecule has 0 radical (unpaired) electrons. The fourth-order valence-corrected chi connectivity index (χ4v) is 0.891. The number of nitrogens with two attached hydrogens (primary N) is 1. The van der Waals surface area contributed by atoms with Crippen molar-refractivity contribution < 1.29 is 15.4 Å². The van der Waals surface area contributed by atoms with Gasteiger partial charge in [0.05, 0.1) is 0 Å². The standard InChI is InChI=1S/C9H12N2O2.H2O/c1-6(9(12)13)11-8-4-2-7(10)3-5-8;/h2-6,11H,10H2,1H3,(H,12,13);1H2/t6-;/m0./s1. The Hall–Kier alpha value is -1.75. The van der Waals surface area contributed by atoms with Crippen LogP contribution in [0.4, 0.5) is 11.4 Å². The first-order chi connectivity index (χ1) is 6.09. The smallest absolute Gasteiger partial charge is 0.325 e. The molecule has 0 aromatic heterocycles. The Kier molecular flexibility index (Phi) is 4.45. The maximum absolute atomic E-state index is 10.5. The highest BCUT2D eigenvalue weighted by molar-refractivity contribution is 5.76. The Morgan fingerprint density at radius 1 is 1.43 bits per heavy atom. The van der Waals surface area contributed by atoms with E-state index in [2.05, 4.69) is 5.32 Å². The van der Waals surface area contributed by atoms with E-state index in [1.807, 2.05) is 0 Å². The van der Waals surface area contributed by atoms with Crippen LogP contribution in [0.3, 0.4) is 0 Å². The lowest BCUT2D eigenvalue weighted by atomic mass is 10.2. The molecule has 5 heteroatoms. The maximum Gasteiger partial charge on any atom is 0.325 e. The fraction of sp³-hybridized carbons (Fsp3) is 0.222. The molecule has 1 atom stereocenters. The number of carboxylic acid groups (broad SMARTS) is 1. The Labute approximate surface area is 81.9 Å². The zero-order chi connectivity index (χ0) is 9.84. The number of hydrogen-bond acceptors (Lipinski definition) is 3. The third-order valence-electron chi connectivity index (χ3n) is 1.66. The molecule has 0 saturated heterocycles. The van der Waals surface area contributed by atoms with Crippen molar-refractivity contribution in [1.82, 2.24) is 0 Å². The highest BCUT2D eigenvalue weighted by Crippen LogP contribution is 2.11. The summed E-state index contributed by atoms with van der Waals surface area (Å²) in [4.78, 5) is 10.5. The monoisotopic (exact) mass is 198 g/mol. The zero-order valence-corrected chi connectivity index (χ0v) is 7.82. The largest absolute Gasteiger partial charge is 0.480 e. The third-order valence-corrected chi connectivity index (χ3v) is 1.66. The summed E-state index contributed by atoms with van der Waals surface area (Å²) < 4.78 is 0. The summed E-state index contributed by atoms with van der Waals surface area (Å²) in [6.45, 7) is 1.58. The molecule has 0 bridgehead atoms. The van der Waals surface area contributed by atoms with Gasteiger partial charge < -0.3 is 21.6 Å². The summed E-state index contributed by atoms with van der Waals surface area (Å²) in [5.74, 6) is -0.878. The number of nitrogens with one attached hydrogen (secondary N) is 1. The molecule has 78 valence electrons. The lowest BCUT2D eigenvalue weighted by molar-refractivity contribution is -0.137. The molecule has 0 aliphatic heterocycles. The number of aliphatic carboxylic acids is 1. The molecule has 0 aliphatic carbocycles. The van der Waals surface area contributed by atoms with E-state index >= 15 is 0 Å². The molecule has 0 heterocycles. The van der Waals surface area contributed by atoms with Crippen LogP contribution >= 0.6 is 0 Å². The van der Waals surface area contributed by atoms with Gasteiger partial charge in [-0.05, 0) is 31.2 Å². The number of rotatable bonds is 3. The number of carbonyl (C=O) groups is 1. The van der Waals surface area contributed by atoms with Crippen molar-refractivity contribution in [1.29, 1.82) is 0 Å². The predicted molar refractivity (Wildman–Crippen MR) is 55.2 cm³/mol. The van der Waals surface area contributed by atoms with Gasteiger partial charge in [0.15, 0.2) is 0 Å². The summed E-state index contributed by atoms with van der Waals surface area (Å²) in [6, 6.07) is 6.33. The summed E-state index contributed by atoms with van der Waals surface area (Å²) >= 11 is 0. The summed E-state index contributed by atoms with van der Waals surface area (Å²) in [7, 11) is 0. The van der Waals surface area contributed by atoms with Crippen molar-refractivity contribution in [2.75, 3.05) is 11.1 Å². The van der Waals surface area contributed by atoms with Crippen molar-refractivity contribution in [3.05, 3.63) is 24.3 Å². The van der Waals surface area contributed by atoms with E-state index in [0.29, 0.717) is 5.69 Å². The molecule has 0 saturated carbocycles. The first kappa shape index (κ1) is 12.2. The van der Waals surface area contributed by atoms with Crippen LogP contribution < -0.4 is 11.1 Å². The Balaban J connectivity index is 0.00000169. The molecule has 6 N–H and O–H groups in total. The first-order valence-electron chi connectivity index (χ1n) is 3.94. The molecule has 1 aromatic carbocycles. The molecule has 14 heavy (non-hydrogen) atoms. The molecular weight excluding hydrogens is 184 g/mol. The average Bonchev–Trinajstić information content (AvgIpc) is 2.08. The van der Waals surface area contributed by atoms with Crippen molar-refractivity contribution in [2.24, 2.45) is 0 Å². The van der Waals surface area contributed by atoms with E-state index in [0.717, 1.165) is 5.69 Å². The van der Waals surface area contributed by atoms with Crippen LogP contribution in [0.2, 0.25) is 0 Å². The number of nitrogen functional groups attached to an aromatic ring is 1. The highest BCUT2D eigenvalue weighted by atomic mass is 16.4. The summed E-state index contributed by atoms with van der Waals surface area (Å²) in [5, 5.41) is 11.4. The molecular formula is C9H14N2O3. The quantitative estimate of drug-likeness (QED) is 0.608. The molecule has 0 amide bonds. The predicted octanol–water partition coefficient (Wildman–Crippen LogP) is 0.329. The lowest BCUT2D eigenvalue weighted by Gasteiger charge is -2.10. The van der Waals surface area contributed by atoms with E-state index in [9.17, 15) is 4.79 Å². The topological polar surface area (TPSA) is 107 Å². The van der Waals surface area contributed by atoms with Crippen molar-refractivity contribution >= 4 is 17.3 Å². The normalized spacial score (nSPS) is 11.2. The Morgan fingerprint density at radius 2 is 1.93 bits per heavy atom. The van der Waals surface area contributed by atoms with Gasteiger partial charge in [0, 0.05) is 11.4 Å². The number of benzene rings is 1. The van der Waals surface area contributed by atoms with Crippen molar-refractivity contribution in [3.8, 4) is 0 Å². The van der Waals surface area contributed by atoms with E-state index in [-0.39, 0.29) is 5.48 Å². The van der Waals surface area contributed by atoms with Crippen molar-refractivity contribution in [3.63, 3.8) is 0 Å². The number of anilines is 2. The van der Waals surface area contributed by atoms with E-state index < -0.39 is 12.0 Å². The highest BCUT2D eigenvalue weighted by Gasteiger charge is 2.09. The number of hydrogen-bond donors (Lipinski definition) is 3. The molecule has 1 aromatic rings. The van der Waals surface area contributed by atoms with Gasteiger partial charge in [0.25, 0.3) is 0 Å². The molecule has 0 fully saturated rings. The second-order valence-electron chi connectivity index (χ2n) is 2.83. The summed E-state index contributed by atoms with van der Waals surface area (Å²) in [5.41, 5.74) is 6.89. The Bertz CT molecular complexity index is 297. The van der Waals surface area contributed by atoms with Crippen molar-refractivity contribution in [2.45, 2.75) is 13.0 Å². The second-order valence-corrected chi connectivity index (χ2v) is 2.83. The molecule has 5 nitrogen and oxygen atoms in total. The van der Waals surface area contributed by atoms with Gasteiger partial charge in [0.2, 0.25) is 0 Å². The third kappa shape index (κ3) is 3.32. The van der Waals surface area contributed by atoms with Gasteiger partial charge in [-0.25, -0.2) is 0 Å². The average molecular weight is 198 g/mol. The minimum atomic E-state index is -0.878. The SMILES string of the molecule is C[C@H](Nc1ccc(N)cc1)C(=O)O.O. The minimum absolute atomic E-state index is 0. The van der Waals surface area contributed by atoms with E-state index in [4.69, 9.17) is 10.8 Å². The van der Waals surface area contributed by atoms with Gasteiger partial charge in [-0.3, -0.25) is 4.79 Å². The molecule has 0 aliphatic rings. The van der Waals surface area contributed by atoms with Crippen LogP contribution in [0.5, 0.6) is 0 Å². The van der Waals surface area contributed by atoms with Crippen LogP contribution in [0.1, 0.15) is 6.92 Å². The molecule has 0 unspecified atom stereocenters. The van der Waals surface area contributed by atoms with Crippen LogP contribution in [-0.2, 0) is 4.79 Å². The van der Waals surface area contributed by atoms with Gasteiger partial charge in [-0.2, -0.15) is 0 Å². The van der Waals surface area contributed by atoms with Crippen LogP contribution in [0.25, 0.3) is 0 Å². The number of carboxylic acids is 1. The Morgan fingerprint density at radius 3 is 2.36 bits per heavy atom. The molecule has 1 rings (SSSR count). The van der Waals surface area contributed by atoms with Gasteiger partial charge in [0.1, 0.15) is 6.04 Å². The van der Waals surface area contributed by atoms with E-state index in [1.54, 1.807) is 31.2 Å². The van der Waals surface area contributed by atoms with Gasteiger partial charge in [-0.15, -0.1) is 0 Å². The van der Waals surface area contributed by atoms with Gasteiger partial charge in [-0.1, -0.05) is 0 Å².